The number of rotatable bonds is 3. The maximum absolute atomic E-state index is 12.8. The van der Waals surface area contributed by atoms with Gasteiger partial charge in [-0.1, -0.05) is 20.8 Å². The summed E-state index contributed by atoms with van der Waals surface area (Å²) >= 11 is 1.66. The van der Waals surface area contributed by atoms with Crippen LogP contribution in [0, 0.1) is 0 Å². The smallest absolute Gasteiger partial charge is 0.242 e. The van der Waals surface area contributed by atoms with Crippen molar-refractivity contribution in [1.82, 2.24) is 14.8 Å². The molecule has 1 unspecified atom stereocenters. The highest BCUT2D eigenvalue weighted by molar-refractivity contribution is 7.09. The van der Waals surface area contributed by atoms with E-state index in [1.165, 1.54) is 0 Å². The van der Waals surface area contributed by atoms with Crippen molar-refractivity contribution in [3.8, 4) is 0 Å². The van der Waals surface area contributed by atoms with Crippen LogP contribution in [0.15, 0.2) is 5.38 Å². The van der Waals surface area contributed by atoms with Gasteiger partial charge in [-0.3, -0.25) is 9.59 Å². The van der Waals surface area contributed by atoms with Gasteiger partial charge in [-0.15, -0.1) is 11.3 Å². The Bertz CT molecular complexity index is 620. The number of carbonyl (C=O) groups is 2. The number of hydrogen-bond donors (Lipinski definition) is 0. The van der Waals surface area contributed by atoms with Crippen molar-refractivity contribution >= 4 is 23.2 Å². The molecule has 0 radical (unpaired) electrons. The molecule has 5 nitrogen and oxygen atoms in total. The van der Waals surface area contributed by atoms with Gasteiger partial charge < -0.3 is 9.80 Å². The predicted molar refractivity (Wildman–Crippen MR) is 94.9 cm³/mol. The summed E-state index contributed by atoms with van der Waals surface area (Å²) in [6, 6.07) is 0.0741. The third kappa shape index (κ3) is 3.63. The number of nitrogens with zero attached hydrogens (tertiary/aromatic N) is 3. The lowest BCUT2D eigenvalue weighted by molar-refractivity contribution is -0.141. The highest BCUT2D eigenvalue weighted by Crippen LogP contribution is 2.35. The number of likely N-dealkylation sites (tertiary alicyclic amines) is 2. The van der Waals surface area contributed by atoms with E-state index in [0.717, 1.165) is 42.9 Å². The zero-order valence-electron chi connectivity index (χ0n) is 14.9. The second-order valence-electron chi connectivity index (χ2n) is 7.84. The lowest BCUT2D eigenvalue weighted by Crippen LogP contribution is -2.44. The van der Waals surface area contributed by atoms with Gasteiger partial charge in [0.05, 0.1) is 18.3 Å². The maximum Gasteiger partial charge on any atom is 0.242 e. The average Bonchev–Trinajstić information content (AvgIpc) is 3.17. The predicted octanol–water partition coefficient (Wildman–Crippen LogP) is 3.12. The Kier molecular flexibility index (Phi) is 4.95. The van der Waals surface area contributed by atoms with Crippen LogP contribution in [0.5, 0.6) is 0 Å². The van der Waals surface area contributed by atoms with Gasteiger partial charge >= 0.3 is 0 Å². The number of thiazole rings is 1. The van der Waals surface area contributed by atoms with Crippen molar-refractivity contribution in [2.45, 2.75) is 64.3 Å². The normalized spacial score (nSPS) is 22.3. The van der Waals surface area contributed by atoms with Crippen LogP contribution in [0.25, 0.3) is 0 Å². The molecule has 1 aromatic rings. The van der Waals surface area contributed by atoms with Crippen LogP contribution in [-0.2, 0) is 15.0 Å². The van der Waals surface area contributed by atoms with Crippen molar-refractivity contribution in [2.24, 2.45) is 0 Å². The summed E-state index contributed by atoms with van der Waals surface area (Å²) in [6.45, 7) is 8.20. The van der Waals surface area contributed by atoms with Gasteiger partial charge in [-0.25, -0.2) is 4.98 Å². The zero-order chi connectivity index (χ0) is 17.3. The highest BCUT2D eigenvalue weighted by Gasteiger charge is 2.33. The van der Waals surface area contributed by atoms with Gasteiger partial charge in [0.1, 0.15) is 5.01 Å². The summed E-state index contributed by atoms with van der Waals surface area (Å²) < 4.78 is 0. The number of hydrogen-bond acceptors (Lipinski definition) is 4. The molecule has 24 heavy (non-hydrogen) atoms. The fourth-order valence-electron chi connectivity index (χ4n) is 3.40. The van der Waals surface area contributed by atoms with E-state index in [0.29, 0.717) is 13.0 Å². The van der Waals surface area contributed by atoms with Crippen LogP contribution < -0.4 is 0 Å². The Morgan fingerprint density at radius 3 is 2.71 bits per heavy atom. The van der Waals surface area contributed by atoms with Crippen molar-refractivity contribution in [3.63, 3.8) is 0 Å². The average molecular weight is 350 g/mol. The quantitative estimate of drug-likeness (QED) is 0.842. The van der Waals surface area contributed by atoms with Gasteiger partial charge in [-0.2, -0.15) is 0 Å². The summed E-state index contributed by atoms with van der Waals surface area (Å²) in [4.78, 5) is 33.1. The fourth-order valence-corrected chi connectivity index (χ4v) is 4.59. The number of carbonyl (C=O) groups excluding carboxylic acids is 2. The molecule has 132 valence electrons. The third-order valence-corrected chi connectivity index (χ3v) is 5.84. The Labute approximate surface area is 148 Å². The molecule has 1 aromatic heterocycles. The zero-order valence-corrected chi connectivity index (χ0v) is 15.7. The van der Waals surface area contributed by atoms with E-state index in [1.54, 1.807) is 16.2 Å². The summed E-state index contributed by atoms with van der Waals surface area (Å²) in [5.41, 5.74) is 1.12. The largest absolute Gasteiger partial charge is 0.333 e. The second-order valence-corrected chi connectivity index (χ2v) is 8.73. The molecule has 0 aromatic carbocycles. The van der Waals surface area contributed by atoms with Crippen LogP contribution in [0.4, 0.5) is 0 Å². The maximum atomic E-state index is 12.8. The minimum absolute atomic E-state index is 0.0280. The monoisotopic (exact) mass is 349 g/mol. The molecule has 0 bridgehead atoms. The summed E-state index contributed by atoms with van der Waals surface area (Å²) in [7, 11) is 0. The van der Waals surface area contributed by atoms with Crippen LogP contribution in [0.1, 0.15) is 69.6 Å². The standard InChI is InChI=1S/C18H27N3O2S/c1-18(2,3)14-12-24-17(19-14)13-7-4-5-10-21(13)16(23)11-20-9-6-8-15(20)22/h12-13H,4-11H2,1-3H3. The van der Waals surface area contributed by atoms with E-state index in [4.69, 9.17) is 4.98 Å². The number of piperidine rings is 1. The number of amides is 2. The molecular formula is C18H27N3O2S. The molecule has 3 heterocycles. The molecule has 0 aliphatic carbocycles. The molecule has 3 rings (SSSR count). The molecule has 0 N–H and O–H groups in total. The first-order valence-electron chi connectivity index (χ1n) is 8.89. The lowest BCUT2D eigenvalue weighted by Gasteiger charge is -2.35. The Morgan fingerprint density at radius 2 is 2.08 bits per heavy atom. The fraction of sp³-hybridized carbons (Fsp3) is 0.722. The number of aromatic nitrogens is 1. The summed E-state index contributed by atoms with van der Waals surface area (Å²) in [5, 5.41) is 3.16. The van der Waals surface area contributed by atoms with Crippen LogP contribution >= 0.6 is 11.3 Å². The van der Waals surface area contributed by atoms with E-state index >= 15 is 0 Å². The third-order valence-electron chi connectivity index (χ3n) is 4.90. The van der Waals surface area contributed by atoms with Crippen molar-refractivity contribution in [2.75, 3.05) is 19.6 Å². The van der Waals surface area contributed by atoms with Crippen molar-refractivity contribution in [3.05, 3.63) is 16.1 Å². The topological polar surface area (TPSA) is 53.5 Å². The molecule has 0 spiro atoms. The second kappa shape index (κ2) is 6.82. The molecule has 2 saturated heterocycles. The molecule has 1 atom stereocenters. The molecule has 2 aliphatic rings. The van der Waals surface area contributed by atoms with E-state index in [1.807, 2.05) is 4.90 Å². The highest BCUT2D eigenvalue weighted by atomic mass is 32.1. The summed E-state index contributed by atoms with van der Waals surface area (Å²) in [6.07, 6.45) is 4.58. The van der Waals surface area contributed by atoms with Crippen LogP contribution in [0.3, 0.4) is 0 Å². The van der Waals surface area contributed by atoms with Crippen molar-refractivity contribution < 1.29 is 9.59 Å². The Hall–Kier alpha value is -1.43. The van der Waals surface area contributed by atoms with Crippen LogP contribution in [0.2, 0.25) is 0 Å². The van der Waals surface area contributed by atoms with Gasteiger partial charge in [0.15, 0.2) is 0 Å². The minimum atomic E-state index is 0.0280. The van der Waals surface area contributed by atoms with Gasteiger partial charge in [0.25, 0.3) is 0 Å². The van der Waals surface area contributed by atoms with E-state index in [2.05, 4.69) is 26.2 Å². The molecule has 2 amide bonds. The molecule has 0 saturated carbocycles. The first-order chi connectivity index (χ1) is 11.4. The molecular weight excluding hydrogens is 322 g/mol. The molecule has 6 heteroatoms. The Morgan fingerprint density at radius 1 is 1.29 bits per heavy atom. The van der Waals surface area contributed by atoms with Crippen molar-refractivity contribution in [1.29, 1.82) is 0 Å². The SMILES string of the molecule is CC(C)(C)c1csc(C2CCCCN2C(=O)CN2CCCC2=O)n1. The van der Waals surface area contributed by atoms with Gasteiger partial charge in [0, 0.05) is 30.3 Å². The summed E-state index contributed by atoms with van der Waals surface area (Å²) in [5.74, 6) is 0.184. The van der Waals surface area contributed by atoms with E-state index in [-0.39, 0.29) is 29.8 Å². The Balaban J connectivity index is 1.74. The van der Waals surface area contributed by atoms with Gasteiger partial charge in [-0.05, 0) is 25.7 Å². The lowest BCUT2D eigenvalue weighted by atomic mass is 9.93. The first-order valence-corrected chi connectivity index (χ1v) is 9.77. The molecule has 2 aliphatic heterocycles. The van der Waals surface area contributed by atoms with Crippen LogP contribution in [-0.4, -0.2) is 46.2 Å². The van der Waals surface area contributed by atoms with Gasteiger partial charge in [0.2, 0.25) is 11.8 Å². The van der Waals surface area contributed by atoms with E-state index < -0.39 is 0 Å². The van der Waals surface area contributed by atoms with E-state index in [9.17, 15) is 9.59 Å². The first kappa shape index (κ1) is 17.4. The minimum Gasteiger partial charge on any atom is -0.333 e. The molecule has 2 fully saturated rings.